The molecule has 2 heterocycles. The lowest BCUT2D eigenvalue weighted by molar-refractivity contribution is -0.130. The predicted molar refractivity (Wildman–Crippen MR) is 103 cm³/mol. The van der Waals surface area contributed by atoms with Gasteiger partial charge in [0.25, 0.3) is 5.91 Å². The number of β-amino-alcohol motifs (C(OH)–C–C–N with tert-alkyl or cyclic N) is 1. The fourth-order valence-corrected chi connectivity index (χ4v) is 4.10. The van der Waals surface area contributed by atoms with E-state index in [9.17, 15) is 14.7 Å². The highest BCUT2D eigenvalue weighted by Gasteiger charge is 2.38. The standard InChI is InChI=1S/C19H31N3O3S/c1-12(2)8-6-7-9-17(24)22-10-15(16(23)11-22)21(5)19(25)18-20-13(3)14(4)26-18/h12,15-16,23H,6-11H2,1-5H3/t15-,16-/m1/s1. The topological polar surface area (TPSA) is 73.7 Å². The molecule has 0 spiro atoms. The molecule has 2 amide bonds. The van der Waals surface area contributed by atoms with Crippen molar-refractivity contribution < 1.29 is 14.7 Å². The highest BCUT2D eigenvalue weighted by molar-refractivity contribution is 7.13. The number of hydrogen-bond donors (Lipinski definition) is 1. The molecule has 26 heavy (non-hydrogen) atoms. The van der Waals surface area contributed by atoms with Gasteiger partial charge in [-0.05, 0) is 26.2 Å². The second kappa shape index (κ2) is 8.95. The summed E-state index contributed by atoms with van der Waals surface area (Å²) in [4.78, 5) is 33.6. The maximum Gasteiger partial charge on any atom is 0.282 e. The Morgan fingerprint density at radius 1 is 1.31 bits per heavy atom. The number of rotatable bonds is 7. The number of likely N-dealkylation sites (tertiary alicyclic amines) is 1. The van der Waals surface area contributed by atoms with Crippen LogP contribution in [0.25, 0.3) is 0 Å². The van der Waals surface area contributed by atoms with Gasteiger partial charge in [0.15, 0.2) is 5.01 Å². The van der Waals surface area contributed by atoms with E-state index in [1.807, 2.05) is 13.8 Å². The lowest BCUT2D eigenvalue weighted by Crippen LogP contribution is -2.44. The van der Waals surface area contributed by atoms with Gasteiger partial charge in [-0.3, -0.25) is 9.59 Å². The number of amides is 2. The summed E-state index contributed by atoms with van der Waals surface area (Å²) < 4.78 is 0. The van der Waals surface area contributed by atoms with Crippen molar-refractivity contribution in [2.75, 3.05) is 20.1 Å². The summed E-state index contributed by atoms with van der Waals surface area (Å²) in [6, 6.07) is -0.383. The van der Waals surface area contributed by atoms with Crippen molar-refractivity contribution >= 4 is 23.2 Å². The summed E-state index contributed by atoms with van der Waals surface area (Å²) in [7, 11) is 1.68. The second-order valence-corrected chi connectivity index (χ2v) is 8.85. The number of carbonyl (C=O) groups excluding carboxylic acids is 2. The number of aliphatic hydroxyl groups excluding tert-OH is 1. The van der Waals surface area contributed by atoms with Crippen LogP contribution in [0.1, 0.15) is 59.9 Å². The molecule has 1 aliphatic heterocycles. The number of thiazole rings is 1. The fraction of sp³-hybridized carbons (Fsp3) is 0.737. The molecular weight excluding hydrogens is 350 g/mol. The second-order valence-electron chi connectivity index (χ2n) is 7.65. The number of aliphatic hydroxyl groups is 1. The smallest absolute Gasteiger partial charge is 0.282 e. The van der Waals surface area contributed by atoms with E-state index in [0.717, 1.165) is 29.8 Å². The highest BCUT2D eigenvalue weighted by atomic mass is 32.1. The minimum atomic E-state index is -0.717. The molecule has 1 saturated heterocycles. The molecule has 0 unspecified atom stereocenters. The molecule has 0 bridgehead atoms. The van der Waals surface area contributed by atoms with Crippen LogP contribution in [0, 0.1) is 19.8 Å². The van der Waals surface area contributed by atoms with Crippen LogP contribution in [0.15, 0.2) is 0 Å². The van der Waals surface area contributed by atoms with Gasteiger partial charge in [0.05, 0.1) is 17.8 Å². The SMILES string of the molecule is Cc1nc(C(=O)N(C)[C@@H]2CN(C(=O)CCCCC(C)C)C[C@H]2O)sc1C. The van der Waals surface area contributed by atoms with E-state index >= 15 is 0 Å². The molecule has 1 aromatic rings. The first-order valence-electron chi connectivity index (χ1n) is 9.37. The molecule has 1 fully saturated rings. The third-order valence-corrected chi connectivity index (χ3v) is 6.12. The van der Waals surface area contributed by atoms with Crippen LogP contribution in [-0.4, -0.2) is 64.0 Å². The van der Waals surface area contributed by atoms with E-state index in [1.54, 1.807) is 11.9 Å². The van der Waals surface area contributed by atoms with Crippen LogP contribution >= 0.6 is 11.3 Å². The monoisotopic (exact) mass is 381 g/mol. The molecule has 1 N–H and O–H groups in total. The van der Waals surface area contributed by atoms with Crippen molar-refractivity contribution in [3.8, 4) is 0 Å². The maximum absolute atomic E-state index is 12.7. The third kappa shape index (κ3) is 5.04. The Kier molecular flexibility index (Phi) is 7.17. The molecule has 6 nitrogen and oxygen atoms in total. The van der Waals surface area contributed by atoms with Gasteiger partial charge in [0, 0.05) is 31.4 Å². The predicted octanol–water partition coefficient (Wildman–Crippen LogP) is 2.62. The molecule has 1 aromatic heterocycles. The molecule has 146 valence electrons. The molecule has 0 aliphatic carbocycles. The first kappa shape index (κ1) is 20.8. The van der Waals surface area contributed by atoms with E-state index in [1.165, 1.54) is 16.2 Å². The summed E-state index contributed by atoms with van der Waals surface area (Å²) in [5.74, 6) is 0.527. The van der Waals surface area contributed by atoms with Crippen LogP contribution in [0.2, 0.25) is 0 Å². The minimum absolute atomic E-state index is 0.0668. The largest absolute Gasteiger partial charge is 0.389 e. The number of aromatic nitrogens is 1. The van der Waals surface area contributed by atoms with E-state index in [2.05, 4.69) is 18.8 Å². The van der Waals surface area contributed by atoms with Crippen LogP contribution in [0.4, 0.5) is 0 Å². The Bertz CT molecular complexity index is 624. The van der Waals surface area contributed by atoms with E-state index < -0.39 is 6.10 Å². The lowest BCUT2D eigenvalue weighted by atomic mass is 10.1. The third-order valence-electron chi connectivity index (χ3n) is 5.06. The van der Waals surface area contributed by atoms with E-state index in [4.69, 9.17) is 0 Å². The molecule has 1 aliphatic rings. The van der Waals surface area contributed by atoms with Gasteiger partial charge < -0.3 is 14.9 Å². The molecule has 2 rings (SSSR count). The lowest BCUT2D eigenvalue weighted by Gasteiger charge is -2.25. The first-order valence-corrected chi connectivity index (χ1v) is 10.2. The minimum Gasteiger partial charge on any atom is -0.389 e. The van der Waals surface area contributed by atoms with Gasteiger partial charge in [-0.25, -0.2) is 4.98 Å². The molecule has 0 radical (unpaired) electrons. The number of aryl methyl sites for hydroxylation is 2. The van der Waals surface area contributed by atoms with Gasteiger partial charge in [-0.15, -0.1) is 11.3 Å². The van der Waals surface area contributed by atoms with Crippen molar-refractivity contribution in [1.29, 1.82) is 0 Å². The molecule has 7 heteroatoms. The van der Waals surface area contributed by atoms with Crippen LogP contribution in [-0.2, 0) is 4.79 Å². The quantitative estimate of drug-likeness (QED) is 0.737. The Labute approximate surface area is 160 Å². The number of carbonyl (C=O) groups is 2. The van der Waals surface area contributed by atoms with Crippen molar-refractivity contribution in [3.63, 3.8) is 0 Å². The average molecular weight is 382 g/mol. The average Bonchev–Trinajstić information content (AvgIpc) is 3.13. The van der Waals surface area contributed by atoms with Gasteiger partial charge in [0.1, 0.15) is 0 Å². The summed E-state index contributed by atoms with van der Waals surface area (Å²) in [6.07, 6.45) is 2.84. The fourth-order valence-electron chi connectivity index (χ4n) is 3.21. The first-order chi connectivity index (χ1) is 12.2. The number of hydrogen-bond acceptors (Lipinski definition) is 5. The molecule has 2 atom stereocenters. The zero-order valence-corrected chi connectivity index (χ0v) is 17.3. The molecular formula is C19H31N3O3S. The number of likely N-dealkylation sites (N-methyl/N-ethyl adjacent to an activating group) is 1. The van der Waals surface area contributed by atoms with Crippen LogP contribution < -0.4 is 0 Å². The van der Waals surface area contributed by atoms with Crippen LogP contribution in [0.3, 0.4) is 0 Å². The van der Waals surface area contributed by atoms with Crippen LogP contribution in [0.5, 0.6) is 0 Å². The summed E-state index contributed by atoms with van der Waals surface area (Å²) in [6.45, 7) is 8.86. The van der Waals surface area contributed by atoms with Gasteiger partial charge in [-0.1, -0.05) is 26.7 Å². The van der Waals surface area contributed by atoms with E-state index in [0.29, 0.717) is 30.4 Å². The van der Waals surface area contributed by atoms with Crippen molar-refractivity contribution in [1.82, 2.24) is 14.8 Å². The van der Waals surface area contributed by atoms with Crippen molar-refractivity contribution in [2.45, 2.75) is 65.5 Å². The normalized spacial score (nSPS) is 20.0. The summed E-state index contributed by atoms with van der Waals surface area (Å²) >= 11 is 1.37. The highest BCUT2D eigenvalue weighted by Crippen LogP contribution is 2.22. The summed E-state index contributed by atoms with van der Waals surface area (Å²) in [5, 5.41) is 10.8. The van der Waals surface area contributed by atoms with Crippen molar-refractivity contribution in [3.05, 3.63) is 15.6 Å². The van der Waals surface area contributed by atoms with Gasteiger partial charge in [0.2, 0.25) is 5.91 Å². The Balaban J connectivity index is 1.90. The number of unbranched alkanes of at least 4 members (excludes halogenated alkanes) is 1. The Morgan fingerprint density at radius 2 is 2.00 bits per heavy atom. The molecule has 0 saturated carbocycles. The number of nitrogens with zero attached hydrogens (tertiary/aromatic N) is 3. The maximum atomic E-state index is 12.7. The van der Waals surface area contributed by atoms with Crippen molar-refractivity contribution in [2.24, 2.45) is 5.92 Å². The Morgan fingerprint density at radius 3 is 2.58 bits per heavy atom. The van der Waals surface area contributed by atoms with Gasteiger partial charge >= 0.3 is 0 Å². The van der Waals surface area contributed by atoms with Gasteiger partial charge in [-0.2, -0.15) is 0 Å². The summed E-state index contributed by atoms with van der Waals surface area (Å²) in [5.41, 5.74) is 0.858. The molecule has 0 aromatic carbocycles. The van der Waals surface area contributed by atoms with E-state index in [-0.39, 0.29) is 17.9 Å². The Hall–Kier alpha value is -1.47. The zero-order chi connectivity index (χ0) is 19.4. The zero-order valence-electron chi connectivity index (χ0n) is 16.5.